The second-order valence-electron chi connectivity index (χ2n) is 3.58. The van der Waals surface area contributed by atoms with E-state index in [0.717, 1.165) is 6.42 Å². The minimum absolute atomic E-state index is 0.351. The zero-order valence-corrected chi connectivity index (χ0v) is 11.9. The number of halogens is 1. The first-order valence-corrected chi connectivity index (χ1v) is 8.01. The minimum Gasteiger partial charge on any atom is -0.425 e. The molecule has 2 atom stereocenters. The van der Waals surface area contributed by atoms with Crippen molar-refractivity contribution >= 4 is 23.5 Å². The molecule has 0 heterocycles. The average molecular weight is 307 g/mol. The van der Waals surface area contributed by atoms with Gasteiger partial charge in [-0.05, 0) is 18.6 Å². The van der Waals surface area contributed by atoms with Crippen LogP contribution in [0.3, 0.4) is 0 Å². The van der Waals surface area contributed by atoms with Gasteiger partial charge in [-0.2, -0.15) is 0 Å². The molecular weight excluding hydrogens is 291 g/mol. The molecule has 0 aliphatic carbocycles. The predicted molar refractivity (Wildman–Crippen MR) is 69.6 cm³/mol. The molecule has 90 valence electrons. The zero-order valence-electron chi connectivity index (χ0n) is 9.43. The Labute approximate surface area is 105 Å². The minimum atomic E-state index is -2.99. The number of hydrogen-bond acceptors (Lipinski definition) is 3. The Kier molecular flexibility index (Phi) is 5.53. The third-order valence-electron chi connectivity index (χ3n) is 1.86. The molecule has 0 radical (unpaired) electrons. The summed E-state index contributed by atoms with van der Waals surface area (Å²) in [6.45, 7) is 3.92. The molecule has 1 aromatic rings. The van der Waals surface area contributed by atoms with Gasteiger partial charge in [0.15, 0.2) is 0 Å². The molecule has 0 spiro atoms. The lowest BCUT2D eigenvalue weighted by molar-refractivity contribution is 0.266. The van der Waals surface area contributed by atoms with Gasteiger partial charge in [0.1, 0.15) is 5.75 Å². The number of rotatable bonds is 6. The lowest BCUT2D eigenvalue weighted by Crippen LogP contribution is -2.02. The molecule has 0 saturated carbocycles. The Morgan fingerprint density at radius 3 is 2.56 bits per heavy atom. The highest BCUT2D eigenvalue weighted by atomic mass is 79.9. The van der Waals surface area contributed by atoms with E-state index in [2.05, 4.69) is 15.9 Å². The van der Waals surface area contributed by atoms with E-state index in [1.54, 1.807) is 12.1 Å². The Morgan fingerprint density at radius 2 is 2.00 bits per heavy atom. The topological polar surface area (TPSA) is 35.5 Å². The second-order valence-corrected chi connectivity index (χ2v) is 7.12. The number of para-hydroxylation sites is 1. The molecule has 1 rings (SSSR count). The monoisotopic (exact) mass is 306 g/mol. The molecular formula is C11H16BrO3P. The van der Waals surface area contributed by atoms with Crippen molar-refractivity contribution in [1.29, 1.82) is 0 Å². The Balaban J connectivity index is 2.43. The van der Waals surface area contributed by atoms with E-state index < -0.39 is 7.60 Å². The van der Waals surface area contributed by atoms with Crippen molar-refractivity contribution in [3.63, 3.8) is 0 Å². The van der Waals surface area contributed by atoms with Gasteiger partial charge in [-0.3, -0.25) is 4.52 Å². The van der Waals surface area contributed by atoms with Crippen LogP contribution in [0.4, 0.5) is 0 Å². The van der Waals surface area contributed by atoms with Crippen molar-refractivity contribution in [2.24, 2.45) is 0 Å². The van der Waals surface area contributed by atoms with Crippen molar-refractivity contribution in [3.8, 4) is 5.75 Å². The fourth-order valence-electron chi connectivity index (χ4n) is 1.08. The molecule has 16 heavy (non-hydrogen) atoms. The second kappa shape index (κ2) is 6.43. The third-order valence-corrected chi connectivity index (χ3v) is 3.51. The first kappa shape index (κ1) is 13.8. The molecule has 0 aliphatic heterocycles. The number of benzene rings is 1. The first-order chi connectivity index (χ1) is 7.49. The van der Waals surface area contributed by atoms with Gasteiger partial charge in [0, 0.05) is 11.5 Å². The largest absolute Gasteiger partial charge is 0.425 e. The van der Waals surface area contributed by atoms with Crippen LogP contribution < -0.4 is 4.52 Å². The van der Waals surface area contributed by atoms with E-state index >= 15 is 0 Å². The Morgan fingerprint density at radius 1 is 1.38 bits per heavy atom. The van der Waals surface area contributed by atoms with Gasteiger partial charge in [-0.15, -0.1) is 0 Å². The normalized spacial score (nSPS) is 16.4. The van der Waals surface area contributed by atoms with Gasteiger partial charge in [0.2, 0.25) is 0 Å². The van der Waals surface area contributed by atoms with Crippen LogP contribution in [-0.4, -0.2) is 18.1 Å². The molecule has 0 aliphatic rings. The molecule has 0 aromatic heterocycles. The van der Waals surface area contributed by atoms with E-state index in [1.807, 2.05) is 25.1 Å². The lowest BCUT2D eigenvalue weighted by atomic mass is 10.3. The summed E-state index contributed by atoms with van der Waals surface area (Å²) in [5, 5.41) is 0. The van der Waals surface area contributed by atoms with Gasteiger partial charge < -0.3 is 4.52 Å². The Bertz CT molecular complexity index is 354. The van der Waals surface area contributed by atoms with Crippen molar-refractivity contribution < 1.29 is 13.6 Å². The summed E-state index contributed by atoms with van der Waals surface area (Å²) < 4.78 is 22.5. The highest BCUT2D eigenvalue weighted by molar-refractivity contribution is 9.09. The molecule has 3 nitrogen and oxygen atoms in total. The Hall–Kier alpha value is -0.310. The van der Waals surface area contributed by atoms with Crippen molar-refractivity contribution in [2.75, 3.05) is 13.3 Å². The highest BCUT2D eigenvalue weighted by Gasteiger charge is 2.18. The molecule has 0 bridgehead atoms. The van der Waals surface area contributed by atoms with Crippen LogP contribution in [0.25, 0.3) is 0 Å². The summed E-state index contributed by atoms with van der Waals surface area (Å²) >= 11 is 3.40. The summed E-state index contributed by atoms with van der Waals surface area (Å²) in [6.07, 6.45) is 0.802. The van der Waals surface area contributed by atoms with E-state index in [0.29, 0.717) is 17.2 Å². The van der Waals surface area contributed by atoms with Crippen LogP contribution in [0.1, 0.15) is 13.3 Å². The van der Waals surface area contributed by atoms with Gasteiger partial charge in [0.05, 0.1) is 6.61 Å². The van der Waals surface area contributed by atoms with Crippen LogP contribution >= 0.6 is 23.5 Å². The fourth-order valence-corrected chi connectivity index (χ4v) is 2.26. The SMILES string of the molecule is CC(Br)CCOP(C)(=O)Oc1ccccc1. The van der Waals surface area contributed by atoms with E-state index in [1.165, 1.54) is 6.66 Å². The lowest BCUT2D eigenvalue weighted by Gasteiger charge is -2.15. The van der Waals surface area contributed by atoms with Crippen LogP contribution in [0.2, 0.25) is 0 Å². The summed E-state index contributed by atoms with van der Waals surface area (Å²) in [4.78, 5) is 0.351. The molecule has 2 unspecified atom stereocenters. The highest BCUT2D eigenvalue weighted by Crippen LogP contribution is 2.44. The van der Waals surface area contributed by atoms with Crippen molar-refractivity contribution in [2.45, 2.75) is 18.2 Å². The number of hydrogen-bond donors (Lipinski definition) is 0. The van der Waals surface area contributed by atoms with Crippen molar-refractivity contribution in [3.05, 3.63) is 30.3 Å². The molecule has 0 fully saturated rings. The van der Waals surface area contributed by atoms with Gasteiger partial charge in [-0.25, -0.2) is 4.57 Å². The predicted octanol–water partition coefficient (Wildman–Crippen LogP) is 4.08. The number of alkyl halides is 1. The summed E-state index contributed by atoms with van der Waals surface area (Å²) in [5.41, 5.74) is 0. The van der Waals surface area contributed by atoms with Gasteiger partial charge >= 0.3 is 7.60 Å². The quantitative estimate of drug-likeness (QED) is 0.587. The van der Waals surface area contributed by atoms with Crippen LogP contribution in [0.5, 0.6) is 5.75 Å². The molecule has 1 aromatic carbocycles. The molecule has 0 saturated heterocycles. The maximum absolute atomic E-state index is 11.9. The van der Waals surface area contributed by atoms with Gasteiger partial charge in [-0.1, -0.05) is 41.1 Å². The van der Waals surface area contributed by atoms with Crippen LogP contribution in [-0.2, 0) is 9.09 Å². The summed E-state index contributed by atoms with van der Waals surface area (Å²) in [6, 6.07) is 9.05. The summed E-state index contributed by atoms with van der Waals surface area (Å²) in [5.74, 6) is 0.570. The maximum atomic E-state index is 11.9. The summed E-state index contributed by atoms with van der Waals surface area (Å²) in [7, 11) is -2.99. The first-order valence-electron chi connectivity index (χ1n) is 5.10. The molecule has 5 heteroatoms. The fraction of sp³-hybridized carbons (Fsp3) is 0.455. The molecule has 0 N–H and O–H groups in total. The maximum Gasteiger partial charge on any atom is 0.376 e. The van der Waals surface area contributed by atoms with E-state index in [4.69, 9.17) is 9.05 Å². The van der Waals surface area contributed by atoms with Crippen molar-refractivity contribution in [1.82, 2.24) is 0 Å². The van der Waals surface area contributed by atoms with Crippen LogP contribution in [0.15, 0.2) is 30.3 Å². The zero-order chi connectivity index (χ0) is 12.0. The standard InChI is InChI=1S/C11H16BrO3P/c1-10(12)8-9-14-16(2,13)15-11-6-4-3-5-7-11/h3-7,10H,8-9H2,1-2H3. The smallest absolute Gasteiger partial charge is 0.376 e. The van der Waals surface area contributed by atoms with Crippen LogP contribution in [0, 0.1) is 0 Å². The third kappa shape index (κ3) is 5.69. The average Bonchev–Trinajstić information content (AvgIpc) is 2.17. The van der Waals surface area contributed by atoms with E-state index in [-0.39, 0.29) is 0 Å². The van der Waals surface area contributed by atoms with E-state index in [9.17, 15) is 4.57 Å². The molecule has 0 amide bonds. The van der Waals surface area contributed by atoms with Gasteiger partial charge in [0.25, 0.3) is 0 Å².